The molecule has 1 unspecified atom stereocenters. The lowest BCUT2D eigenvalue weighted by Gasteiger charge is -2.26. The summed E-state index contributed by atoms with van der Waals surface area (Å²) in [6.07, 6.45) is 0.166. The molecule has 18 heavy (non-hydrogen) atoms. The lowest BCUT2D eigenvalue weighted by atomic mass is 10.2. The highest BCUT2D eigenvalue weighted by Gasteiger charge is 2.14. The first-order chi connectivity index (χ1) is 8.63. The van der Waals surface area contributed by atoms with Gasteiger partial charge in [0.05, 0.1) is 6.42 Å². The Morgan fingerprint density at radius 3 is 2.61 bits per heavy atom. The highest BCUT2D eigenvalue weighted by molar-refractivity contribution is 5.67. The number of rotatable bonds is 8. The second-order valence-electron chi connectivity index (χ2n) is 4.24. The van der Waals surface area contributed by atoms with Gasteiger partial charge in [-0.3, -0.25) is 9.69 Å². The highest BCUT2D eigenvalue weighted by Crippen LogP contribution is 2.09. The van der Waals surface area contributed by atoms with Crippen molar-refractivity contribution in [3.63, 3.8) is 0 Å². The molecule has 4 nitrogen and oxygen atoms in total. The Balaban J connectivity index is 2.33. The molecule has 0 fully saturated rings. The molecule has 1 aromatic carbocycles. The van der Waals surface area contributed by atoms with Crippen molar-refractivity contribution in [2.24, 2.45) is 0 Å². The zero-order valence-corrected chi connectivity index (χ0v) is 11.0. The Morgan fingerprint density at radius 2 is 2.06 bits per heavy atom. The van der Waals surface area contributed by atoms with E-state index in [9.17, 15) is 4.79 Å². The van der Waals surface area contributed by atoms with E-state index in [4.69, 9.17) is 9.84 Å². The van der Waals surface area contributed by atoms with E-state index in [0.717, 1.165) is 18.8 Å². The Bertz CT molecular complexity index is 353. The third-order valence-corrected chi connectivity index (χ3v) is 2.89. The van der Waals surface area contributed by atoms with E-state index in [1.807, 2.05) is 44.2 Å². The molecule has 0 heterocycles. The molecule has 100 valence electrons. The maximum atomic E-state index is 10.7. The fourth-order valence-corrected chi connectivity index (χ4v) is 1.87. The molecule has 0 radical (unpaired) electrons. The first-order valence-corrected chi connectivity index (χ1v) is 6.27. The SMILES string of the molecule is CCN(CCOc1ccccc1)C(C)CC(=O)O. The van der Waals surface area contributed by atoms with Gasteiger partial charge in [-0.15, -0.1) is 0 Å². The van der Waals surface area contributed by atoms with Crippen LogP contribution in [0.3, 0.4) is 0 Å². The molecule has 1 aromatic rings. The van der Waals surface area contributed by atoms with Gasteiger partial charge in [0.1, 0.15) is 12.4 Å². The van der Waals surface area contributed by atoms with Crippen molar-refractivity contribution in [1.82, 2.24) is 4.90 Å². The molecule has 0 spiro atoms. The van der Waals surface area contributed by atoms with Gasteiger partial charge in [0.25, 0.3) is 0 Å². The number of carboxylic acid groups (broad SMARTS) is 1. The van der Waals surface area contributed by atoms with Gasteiger partial charge in [0.2, 0.25) is 0 Å². The summed E-state index contributed by atoms with van der Waals surface area (Å²) in [6, 6.07) is 9.67. The van der Waals surface area contributed by atoms with Gasteiger partial charge in [-0.05, 0) is 25.6 Å². The number of hydrogen-bond acceptors (Lipinski definition) is 3. The van der Waals surface area contributed by atoms with Crippen molar-refractivity contribution >= 4 is 5.97 Å². The normalized spacial score (nSPS) is 12.4. The van der Waals surface area contributed by atoms with Crippen molar-refractivity contribution in [2.45, 2.75) is 26.3 Å². The van der Waals surface area contributed by atoms with Gasteiger partial charge in [-0.1, -0.05) is 25.1 Å². The minimum absolute atomic E-state index is 0.0341. The van der Waals surface area contributed by atoms with E-state index < -0.39 is 5.97 Å². The number of ether oxygens (including phenoxy) is 1. The predicted molar refractivity (Wildman–Crippen MR) is 70.9 cm³/mol. The Kier molecular flexibility index (Phi) is 6.22. The van der Waals surface area contributed by atoms with Gasteiger partial charge in [0.15, 0.2) is 0 Å². The van der Waals surface area contributed by atoms with Crippen LogP contribution in [-0.2, 0) is 4.79 Å². The average Bonchev–Trinajstić information content (AvgIpc) is 2.35. The summed E-state index contributed by atoms with van der Waals surface area (Å²) in [5, 5.41) is 8.77. The summed E-state index contributed by atoms with van der Waals surface area (Å²) in [6.45, 7) is 6.09. The summed E-state index contributed by atoms with van der Waals surface area (Å²) < 4.78 is 5.60. The monoisotopic (exact) mass is 251 g/mol. The van der Waals surface area contributed by atoms with Crippen LogP contribution in [0, 0.1) is 0 Å². The zero-order chi connectivity index (χ0) is 13.4. The fourth-order valence-electron chi connectivity index (χ4n) is 1.87. The first-order valence-electron chi connectivity index (χ1n) is 6.27. The quantitative estimate of drug-likeness (QED) is 0.770. The van der Waals surface area contributed by atoms with Gasteiger partial charge in [-0.25, -0.2) is 0 Å². The van der Waals surface area contributed by atoms with Gasteiger partial charge in [-0.2, -0.15) is 0 Å². The lowest BCUT2D eigenvalue weighted by molar-refractivity contribution is -0.138. The maximum Gasteiger partial charge on any atom is 0.304 e. The second-order valence-corrected chi connectivity index (χ2v) is 4.24. The van der Waals surface area contributed by atoms with Crippen LogP contribution < -0.4 is 4.74 Å². The van der Waals surface area contributed by atoms with Crippen LogP contribution in [0.25, 0.3) is 0 Å². The van der Waals surface area contributed by atoms with Crippen molar-refractivity contribution < 1.29 is 14.6 Å². The molecular weight excluding hydrogens is 230 g/mol. The summed E-state index contributed by atoms with van der Waals surface area (Å²) in [7, 11) is 0. The highest BCUT2D eigenvalue weighted by atomic mass is 16.5. The summed E-state index contributed by atoms with van der Waals surface area (Å²) in [5.74, 6) is 0.0874. The smallest absolute Gasteiger partial charge is 0.304 e. The summed E-state index contributed by atoms with van der Waals surface area (Å²) in [4.78, 5) is 12.8. The van der Waals surface area contributed by atoms with E-state index in [1.54, 1.807) is 0 Å². The van der Waals surface area contributed by atoms with E-state index >= 15 is 0 Å². The Morgan fingerprint density at radius 1 is 1.39 bits per heavy atom. The standard InChI is InChI=1S/C14H21NO3/c1-3-15(12(2)11-14(16)17)9-10-18-13-7-5-4-6-8-13/h4-8,12H,3,9-11H2,1-2H3,(H,16,17). The number of hydrogen-bond donors (Lipinski definition) is 1. The van der Waals surface area contributed by atoms with Gasteiger partial charge >= 0.3 is 5.97 Å². The van der Waals surface area contributed by atoms with Crippen molar-refractivity contribution in [3.05, 3.63) is 30.3 Å². The topological polar surface area (TPSA) is 49.8 Å². The third-order valence-electron chi connectivity index (χ3n) is 2.89. The van der Waals surface area contributed by atoms with E-state index in [2.05, 4.69) is 4.90 Å². The van der Waals surface area contributed by atoms with Crippen molar-refractivity contribution in [1.29, 1.82) is 0 Å². The van der Waals surface area contributed by atoms with E-state index in [0.29, 0.717) is 6.61 Å². The number of carbonyl (C=O) groups is 1. The predicted octanol–water partition coefficient (Wildman–Crippen LogP) is 2.25. The number of likely N-dealkylation sites (N-methyl/N-ethyl adjacent to an activating group) is 1. The zero-order valence-electron chi connectivity index (χ0n) is 11.0. The Hall–Kier alpha value is -1.55. The fraction of sp³-hybridized carbons (Fsp3) is 0.500. The number of nitrogens with zero attached hydrogens (tertiary/aromatic N) is 1. The lowest BCUT2D eigenvalue weighted by Crippen LogP contribution is -2.37. The molecule has 1 rings (SSSR count). The molecule has 0 aromatic heterocycles. The number of para-hydroxylation sites is 1. The molecule has 0 aliphatic rings. The van der Waals surface area contributed by atoms with Crippen molar-refractivity contribution in [3.8, 4) is 5.75 Å². The largest absolute Gasteiger partial charge is 0.492 e. The van der Waals surface area contributed by atoms with Crippen LogP contribution in [0.4, 0.5) is 0 Å². The summed E-state index contributed by atoms with van der Waals surface area (Å²) in [5.41, 5.74) is 0. The van der Waals surface area contributed by atoms with Crippen LogP contribution in [-0.4, -0.2) is 41.7 Å². The molecular formula is C14H21NO3. The molecule has 0 saturated heterocycles. The summed E-state index contributed by atoms with van der Waals surface area (Å²) >= 11 is 0. The maximum absolute atomic E-state index is 10.7. The minimum Gasteiger partial charge on any atom is -0.492 e. The number of benzene rings is 1. The van der Waals surface area contributed by atoms with Crippen molar-refractivity contribution in [2.75, 3.05) is 19.7 Å². The first kappa shape index (κ1) is 14.5. The average molecular weight is 251 g/mol. The molecule has 1 atom stereocenters. The molecule has 1 N–H and O–H groups in total. The third kappa shape index (κ3) is 5.19. The van der Waals surface area contributed by atoms with Crippen LogP contribution in [0.5, 0.6) is 5.75 Å². The van der Waals surface area contributed by atoms with Crippen LogP contribution >= 0.6 is 0 Å². The molecule has 0 aliphatic heterocycles. The minimum atomic E-state index is -0.759. The second kappa shape index (κ2) is 7.71. The van der Waals surface area contributed by atoms with Crippen LogP contribution in [0.2, 0.25) is 0 Å². The Labute approximate surface area is 108 Å². The van der Waals surface area contributed by atoms with E-state index in [-0.39, 0.29) is 12.5 Å². The van der Waals surface area contributed by atoms with E-state index in [1.165, 1.54) is 0 Å². The van der Waals surface area contributed by atoms with Crippen LogP contribution in [0.1, 0.15) is 20.3 Å². The number of carboxylic acids is 1. The van der Waals surface area contributed by atoms with Gasteiger partial charge < -0.3 is 9.84 Å². The molecule has 0 aliphatic carbocycles. The molecule has 0 saturated carbocycles. The molecule has 0 amide bonds. The van der Waals surface area contributed by atoms with Gasteiger partial charge in [0, 0.05) is 12.6 Å². The molecule has 0 bridgehead atoms. The van der Waals surface area contributed by atoms with Crippen LogP contribution in [0.15, 0.2) is 30.3 Å². The molecule has 4 heteroatoms. The number of aliphatic carboxylic acids is 1.